The molecule has 3 rings (SSSR count). The molecule has 0 spiro atoms. The van der Waals surface area contributed by atoms with E-state index in [0.717, 1.165) is 23.1 Å². The Hall–Kier alpha value is -2.62. The van der Waals surface area contributed by atoms with Gasteiger partial charge in [0, 0.05) is 6.54 Å². The quantitative estimate of drug-likeness (QED) is 0.910. The Morgan fingerprint density at radius 1 is 1.04 bits per heavy atom. The molecule has 118 valence electrons. The molecular formula is C19H20N2O2. The molecule has 0 aromatic heterocycles. The Bertz CT molecular complexity index is 680. The molecule has 1 saturated heterocycles. The maximum Gasteiger partial charge on any atom is 0.242 e. The summed E-state index contributed by atoms with van der Waals surface area (Å²) in [7, 11) is 0. The Kier molecular flexibility index (Phi) is 4.71. The minimum Gasteiger partial charge on any atom is -0.354 e. The molecule has 0 radical (unpaired) electrons. The second-order valence-corrected chi connectivity index (χ2v) is 5.79. The van der Waals surface area contributed by atoms with Crippen molar-refractivity contribution in [2.75, 3.05) is 6.54 Å². The van der Waals surface area contributed by atoms with Crippen LogP contribution in [0.1, 0.15) is 18.4 Å². The second-order valence-electron chi connectivity index (χ2n) is 5.79. The van der Waals surface area contributed by atoms with E-state index in [2.05, 4.69) is 22.8 Å². The van der Waals surface area contributed by atoms with Crippen LogP contribution in [-0.2, 0) is 16.0 Å². The number of benzene rings is 2. The summed E-state index contributed by atoms with van der Waals surface area (Å²) in [5.74, 6) is -0.191. The lowest BCUT2D eigenvalue weighted by Crippen LogP contribution is -2.50. The minimum absolute atomic E-state index is 0.0796. The summed E-state index contributed by atoms with van der Waals surface area (Å²) in [4.78, 5) is 23.7. The molecule has 2 aromatic carbocycles. The number of piperidine rings is 1. The van der Waals surface area contributed by atoms with Crippen LogP contribution in [0.3, 0.4) is 0 Å². The van der Waals surface area contributed by atoms with Crippen LogP contribution in [0.25, 0.3) is 11.1 Å². The lowest BCUT2D eigenvalue weighted by Gasteiger charge is -2.22. The van der Waals surface area contributed by atoms with E-state index < -0.39 is 0 Å². The summed E-state index contributed by atoms with van der Waals surface area (Å²) in [5, 5.41) is 5.59. The van der Waals surface area contributed by atoms with Crippen LogP contribution in [0.2, 0.25) is 0 Å². The number of nitrogens with one attached hydrogen (secondary N) is 2. The van der Waals surface area contributed by atoms with Crippen LogP contribution in [-0.4, -0.2) is 24.4 Å². The van der Waals surface area contributed by atoms with Crippen LogP contribution < -0.4 is 10.6 Å². The third kappa shape index (κ3) is 3.97. The Morgan fingerprint density at radius 2 is 1.74 bits per heavy atom. The normalized spacial score (nSPS) is 17.4. The Labute approximate surface area is 135 Å². The molecule has 2 N–H and O–H groups in total. The highest BCUT2D eigenvalue weighted by Gasteiger charge is 2.23. The smallest absolute Gasteiger partial charge is 0.242 e. The van der Waals surface area contributed by atoms with Crippen molar-refractivity contribution in [1.82, 2.24) is 10.6 Å². The van der Waals surface area contributed by atoms with Gasteiger partial charge in [-0.2, -0.15) is 0 Å². The third-order valence-electron chi connectivity index (χ3n) is 4.05. The fourth-order valence-electron chi connectivity index (χ4n) is 2.79. The molecule has 1 aliphatic heterocycles. The van der Waals surface area contributed by atoms with Crippen LogP contribution in [0.15, 0.2) is 54.6 Å². The van der Waals surface area contributed by atoms with Crippen molar-refractivity contribution in [2.24, 2.45) is 0 Å². The lowest BCUT2D eigenvalue weighted by molar-refractivity contribution is -0.129. The summed E-state index contributed by atoms with van der Waals surface area (Å²) >= 11 is 0. The molecule has 2 amide bonds. The van der Waals surface area contributed by atoms with E-state index >= 15 is 0 Å². The molecule has 0 aliphatic carbocycles. The van der Waals surface area contributed by atoms with E-state index in [4.69, 9.17) is 0 Å². The SMILES string of the molecule is O=C(Cc1ccc(-c2ccccc2)cc1)NC1CCCNC1=O. The van der Waals surface area contributed by atoms with E-state index in [1.54, 1.807) is 0 Å². The van der Waals surface area contributed by atoms with Crippen LogP contribution in [0.5, 0.6) is 0 Å². The van der Waals surface area contributed by atoms with Crippen LogP contribution >= 0.6 is 0 Å². The summed E-state index contributed by atoms with van der Waals surface area (Å²) in [6.45, 7) is 0.701. The molecule has 23 heavy (non-hydrogen) atoms. The number of carbonyl (C=O) groups is 2. The van der Waals surface area contributed by atoms with E-state index in [-0.39, 0.29) is 17.9 Å². The monoisotopic (exact) mass is 308 g/mol. The number of amides is 2. The summed E-state index contributed by atoms with van der Waals surface area (Å²) in [5.41, 5.74) is 3.22. The Balaban J connectivity index is 1.59. The largest absolute Gasteiger partial charge is 0.354 e. The highest BCUT2D eigenvalue weighted by atomic mass is 16.2. The predicted molar refractivity (Wildman–Crippen MR) is 89.8 cm³/mol. The van der Waals surface area contributed by atoms with Gasteiger partial charge in [0.2, 0.25) is 11.8 Å². The van der Waals surface area contributed by atoms with Gasteiger partial charge in [0.25, 0.3) is 0 Å². The van der Waals surface area contributed by atoms with Gasteiger partial charge < -0.3 is 10.6 Å². The summed E-state index contributed by atoms with van der Waals surface area (Å²) < 4.78 is 0. The van der Waals surface area contributed by atoms with E-state index in [0.29, 0.717) is 19.4 Å². The molecule has 1 atom stereocenters. The number of rotatable bonds is 4. The maximum atomic E-state index is 12.1. The second kappa shape index (κ2) is 7.09. The average molecular weight is 308 g/mol. The van der Waals surface area contributed by atoms with Crippen molar-refractivity contribution in [3.05, 3.63) is 60.2 Å². The summed E-state index contributed by atoms with van der Waals surface area (Å²) in [6, 6.07) is 17.7. The van der Waals surface area contributed by atoms with Crippen molar-refractivity contribution in [2.45, 2.75) is 25.3 Å². The molecule has 0 bridgehead atoms. The van der Waals surface area contributed by atoms with E-state index in [1.165, 1.54) is 0 Å². The van der Waals surface area contributed by atoms with Gasteiger partial charge in [0.05, 0.1) is 6.42 Å². The van der Waals surface area contributed by atoms with Crippen molar-refractivity contribution >= 4 is 11.8 Å². The van der Waals surface area contributed by atoms with Crippen molar-refractivity contribution in [3.63, 3.8) is 0 Å². The Morgan fingerprint density at radius 3 is 2.43 bits per heavy atom. The zero-order valence-corrected chi connectivity index (χ0v) is 12.9. The first kappa shape index (κ1) is 15.3. The van der Waals surface area contributed by atoms with Gasteiger partial charge in [-0.1, -0.05) is 54.6 Å². The van der Waals surface area contributed by atoms with Crippen molar-refractivity contribution < 1.29 is 9.59 Å². The molecule has 1 heterocycles. The van der Waals surface area contributed by atoms with Gasteiger partial charge in [-0.3, -0.25) is 9.59 Å². The molecule has 4 heteroatoms. The first-order valence-electron chi connectivity index (χ1n) is 7.94. The number of carbonyl (C=O) groups excluding carboxylic acids is 2. The van der Waals surface area contributed by atoms with Gasteiger partial charge in [0.1, 0.15) is 6.04 Å². The van der Waals surface area contributed by atoms with Crippen molar-refractivity contribution in [1.29, 1.82) is 0 Å². The first-order valence-corrected chi connectivity index (χ1v) is 7.94. The zero-order valence-electron chi connectivity index (χ0n) is 12.9. The zero-order chi connectivity index (χ0) is 16.1. The number of hydrogen-bond acceptors (Lipinski definition) is 2. The summed E-state index contributed by atoms with van der Waals surface area (Å²) in [6.07, 6.45) is 1.91. The molecule has 1 unspecified atom stereocenters. The molecule has 0 saturated carbocycles. The fraction of sp³-hybridized carbons (Fsp3) is 0.263. The molecule has 2 aromatic rings. The molecular weight excluding hydrogens is 288 g/mol. The molecule has 4 nitrogen and oxygen atoms in total. The topological polar surface area (TPSA) is 58.2 Å². The van der Waals surface area contributed by atoms with E-state index in [9.17, 15) is 9.59 Å². The average Bonchev–Trinajstić information content (AvgIpc) is 2.58. The standard InChI is InChI=1S/C19H20N2O2/c22-18(21-17-7-4-12-20-19(17)23)13-14-8-10-16(11-9-14)15-5-2-1-3-6-15/h1-3,5-6,8-11,17H,4,7,12-13H2,(H,20,23)(H,21,22). The van der Waals surface area contributed by atoms with Gasteiger partial charge in [0.15, 0.2) is 0 Å². The molecule has 1 fully saturated rings. The molecule has 1 aliphatic rings. The predicted octanol–water partition coefficient (Wildman–Crippen LogP) is 2.29. The highest BCUT2D eigenvalue weighted by molar-refractivity contribution is 5.88. The van der Waals surface area contributed by atoms with Gasteiger partial charge >= 0.3 is 0 Å². The maximum absolute atomic E-state index is 12.1. The van der Waals surface area contributed by atoms with Crippen LogP contribution in [0, 0.1) is 0 Å². The highest BCUT2D eigenvalue weighted by Crippen LogP contribution is 2.19. The third-order valence-corrected chi connectivity index (χ3v) is 4.05. The number of hydrogen-bond donors (Lipinski definition) is 2. The van der Waals surface area contributed by atoms with Gasteiger partial charge in [-0.25, -0.2) is 0 Å². The van der Waals surface area contributed by atoms with Gasteiger partial charge in [-0.15, -0.1) is 0 Å². The van der Waals surface area contributed by atoms with Crippen molar-refractivity contribution in [3.8, 4) is 11.1 Å². The van der Waals surface area contributed by atoms with Crippen LogP contribution in [0.4, 0.5) is 0 Å². The minimum atomic E-state index is -0.389. The first-order chi connectivity index (χ1) is 11.2. The lowest BCUT2D eigenvalue weighted by atomic mass is 10.0. The van der Waals surface area contributed by atoms with Gasteiger partial charge in [-0.05, 0) is 29.5 Å². The van der Waals surface area contributed by atoms with E-state index in [1.807, 2.05) is 42.5 Å². The fourth-order valence-corrected chi connectivity index (χ4v) is 2.79.